The summed E-state index contributed by atoms with van der Waals surface area (Å²) in [6, 6.07) is 9.44. The Bertz CT molecular complexity index is 505. The summed E-state index contributed by atoms with van der Waals surface area (Å²) in [5.74, 6) is 1.35. The van der Waals surface area contributed by atoms with Crippen LogP contribution in [0.5, 0.6) is 11.6 Å². The van der Waals surface area contributed by atoms with Crippen LogP contribution in [0.3, 0.4) is 0 Å². The molecule has 2 rings (SSSR count). The molecule has 1 aromatic heterocycles. The van der Waals surface area contributed by atoms with Crippen molar-refractivity contribution in [3.05, 3.63) is 46.8 Å². The Kier molecular flexibility index (Phi) is 3.93. The van der Waals surface area contributed by atoms with Crippen LogP contribution in [0.2, 0.25) is 0 Å². The minimum absolute atomic E-state index is 0.445. The van der Waals surface area contributed by atoms with Gasteiger partial charge in [0.15, 0.2) is 0 Å². The molecular weight excluding hydrogens is 284 g/mol. The predicted molar refractivity (Wildman–Crippen MR) is 67.1 cm³/mol. The van der Waals surface area contributed by atoms with Crippen molar-refractivity contribution in [1.29, 1.82) is 0 Å². The monoisotopic (exact) mass is 294 g/mol. The van der Waals surface area contributed by atoms with Crippen molar-refractivity contribution in [3.8, 4) is 11.6 Å². The average Bonchev–Trinajstić information content (AvgIpc) is 2.37. The van der Waals surface area contributed by atoms with E-state index in [1.165, 1.54) is 6.33 Å². The molecule has 0 aliphatic heterocycles. The van der Waals surface area contributed by atoms with Crippen LogP contribution in [0.4, 0.5) is 0 Å². The lowest BCUT2D eigenvalue weighted by Crippen LogP contribution is -1.98. The quantitative estimate of drug-likeness (QED) is 0.814. The molecule has 17 heavy (non-hydrogen) atoms. The Hall–Kier alpha value is -1.62. The van der Waals surface area contributed by atoms with E-state index < -0.39 is 0 Å². The summed E-state index contributed by atoms with van der Waals surface area (Å²) in [4.78, 5) is 7.93. The molecular formula is C12H11BrN2O2. The van der Waals surface area contributed by atoms with E-state index in [1.54, 1.807) is 13.2 Å². The zero-order valence-electron chi connectivity index (χ0n) is 9.26. The molecule has 0 amide bonds. The second-order valence-electron chi connectivity index (χ2n) is 3.32. The Labute approximate surface area is 108 Å². The van der Waals surface area contributed by atoms with E-state index in [9.17, 15) is 0 Å². The van der Waals surface area contributed by atoms with Crippen LogP contribution >= 0.6 is 15.9 Å². The smallest absolute Gasteiger partial charge is 0.217 e. The molecule has 2 aromatic rings. The van der Waals surface area contributed by atoms with Crippen molar-refractivity contribution in [2.24, 2.45) is 0 Å². The van der Waals surface area contributed by atoms with Gasteiger partial charge in [-0.3, -0.25) is 0 Å². The molecule has 0 N–H and O–H groups in total. The minimum atomic E-state index is 0.445. The van der Waals surface area contributed by atoms with Crippen LogP contribution in [0, 0.1) is 0 Å². The number of benzene rings is 1. The molecule has 0 aliphatic rings. The van der Waals surface area contributed by atoms with E-state index in [0.717, 1.165) is 11.3 Å². The molecule has 0 bridgehead atoms. The lowest BCUT2D eigenvalue weighted by Gasteiger charge is -2.06. The van der Waals surface area contributed by atoms with Crippen LogP contribution in [-0.2, 0) is 6.61 Å². The molecule has 5 heteroatoms. The fourth-order valence-electron chi connectivity index (χ4n) is 1.32. The van der Waals surface area contributed by atoms with Crippen LogP contribution in [0.1, 0.15) is 5.56 Å². The fraction of sp³-hybridized carbons (Fsp3) is 0.167. The molecule has 1 heterocycles. The van der Waals surface area contributed by atoms with Crippen LogP contribution < -0.4 is 9.47 Å². The summed E-state index contributed by atoms with van der Waals surface area (Å²) in [6.45, 7) is 0.445. The maximum absolute atomic E-state index is 5.54. The van der Waals surface area contributed by atoms with Gasteiger partial charge < -0.3 is 9.47 Å². The third-order valence-corrected chi connectivity index (χ3v) is 2.56. The molecule has 0 unspecified atom stereocenters. The molecule has 0 saturated heterocycles. The SMILES string of the molecule is COc1cccc(COc2cc(Br)ncn2)c1. The highest BCUT2D eigenvalue weighted by Gasteiger charge is 2.00. The Morgan fingerprint density at radius 3 is 2.88 bits per heavy atom. The second kappa shape index (κ2) is 5.63. The van der Waals surface area contributed by atoms with Crippen molar-refractivity contribution < 1.29 is 9.47 Å². The number of rotatable bonds is 4. The number of aromatic nitrogens is 2. The van der Waals surface area contributed by atoms with E-state index in [-0.39, 0.29) is 0 Å². The number of hydrogen-bond donors (Lipinski definition) is 0. The lowest BCUT2D eigenvalue weighted by atomic mass is 10.2. The summed E-state index contributed by atoms with van der Waals surface area (Å²) in [7, 11) is 1.64. The third-order valence-electron chi connectivity index (χ3n) is 2.13. The van der Waals surface area contributed by atoms with Gasteiger partial charge in [0.2, 0.25) is 5.88 Å². The van der Waals surface area contributed by atoms with Gasteiger partial charge >= 0.3 is 0 Å². The summed E-state index contributed by atoms with van der Waals surface area (Å²) in [5.41, 5.74) is 1.03. The van der Waals surface area contributed by atoms with Gasteiger partial charge in [0.25, 0.3) is 0 Å². The first-order chi connectivity index (χ1) is 8.28. The molecule has 0 radical (unpaired) electrons. The topological polar surface area (TPSA) is 44.2 Å². The van der Waals surface area contributed by atoms with Gasteiger partial charge in [-0.25, -0.2) is 9.97 Å². The third kappa shape index (κ3) is 3.42. The molecule has 0 spiro atoms. The fourth-order valence-corrected chi connectivity index (χ4v) is 1.60. The molecule has 1 aromatic carbocycles. The van der Waals surface area contributed by atoms with Gasteiger partial charge in [0, 0.05) is 6.07 Å². The van der Waals surface area contributed by atoms with E-state index >= 15 is 0 Å². The van der Waals surface area contributed by atoms with Crippen LogP contribution in [0.25, 0.3) is 0 Å². The van der Waals surface area contributed by atoms with Crippen LogP contribution in [0.15, 0.2) is 41.3 Å². The average molecular weight is 295 g/mol. The Morgan fingerprint density at radius 1 is 1.24 bits per heavy atom. The number of halogens is 1. The van der Waals surface area contributed by atoms with Gasteiger partial charge in [0.05, 0.1) is 7.11 Å². The number of hydrogen-bond acceptors (Lipinski definition) is 4. The van der Waals surface area contributed by atoms with Crippen molar-refractivity contribution >= 4 is 15.9 Å². The summed E-state index contributed by atoms with van der Waals surface area (Å²) >= 11 is 3.26. The second-order valence-corrected chi connectivity index (χ2v) is 4.13. The normalized spacial score (nSPS) is 10.0. The highest BCUT2D eigenvalue weighted by molar-refractivity contribution is 9.10. The van der Waals surface area contributed by atoms with E-state index in [1.807, 2.05) is 24.3 Å². The zero-order chi connectivity index (χ0) is 12.1. The predicted octanol–water partition coefficient (Wildman–Crippen LogP) is 2.83. The Balaban J connectivity index is 2.02. The summed E-state index contributed by atoms with van der Waals surface area (Å²) in [6.07, 6.45) is 1.45. The molecule has 0 atom stereocenters. The first kappa shape index (κ1) is 11.9. The number of nitrogens with zero attached hydrogens (tertiary/aromatic N) is 2. The molecule has 0 fully saturated rings. The Morgan fingerprint density at radius 2 is 2.12 bits per heavy atom. The van der Waals surface area contributed by atoms with Crippen molar-refractivity contribution in [2.75, 3.05) is 7.11 Å². The van der Waals surface area contributed by atoms with Gasteiger partial charge in [-0.05, 0) is 33.6 Å². The minimum Gasteiger partial charge on any atom is -0.497 e. The summed E-state index contributed by atoms with van der Waals surface area (Å²) < 4.78 is 11.4. The highest BCUT2D eigenvalue weighted by Crippen LogP contribution is 2.16. The molecule has 4 nitrogen and oxygen atoms in total. The molecule has 88 valence electrons. The highest BCUT2D eigenvalue weighted by atomic mass is 79.9. The van der Waals surface area contributed by atoms with E-state index in [4.69, 9.17) is 9.47 Å². The van der Waals surface area contributed by atoms with E-state index in [2.05, 4.69) is 25.9 Å². The summed E-state index contributed by atoms with van der Waals surface area (Å²) in [5, 5.41) is 0. The van der Waals surface area contributed by atoms with Crippen molar-refractivity contribution in [1.82, 2.24) is 9.97 Å². The number of methoxy groups -OCH3 is 1. The largest absolute Gasteiger partial charge is 0.497 e. The van der Waals surface area contributed by atoms with Gasteiger partial charge in [-0.2, -0.15) is 0 Å². The first-order valence-corrected chi connectivity index (χ1v) is 5.80. The molecule has 0 aliphatic carbocycles. The van der Waals surface area contributed by atoms with Crippen LogP contribution in [-0.4, -0.2) is 17.1 Å². The zero-order valence-corrected chi connectivity index (χ0v) is 10.8. The van der Waals surface area contributed by atoms with Crippen molar-refractivity contribution in [3.63, 3.8) is 0 Å². The maximum atomic E-state index is 5.54. The van der Waals surface area contributed by atoms with Gasteiger partial charge in [0.1, 0.15) is 23.3 Å². The lowest BCUT2D eigenvalue weighted by molar-refractivity contribution is 0.292. The van der Waals surface area contributed by atoms with Gasteiger partial charge in [-0.1, -0.05) is 12.1 Å². The standard InChI is InChI=1S/C12H11BrN2O2/c1-16-10-4-2-3-9(5-10)7-17-12-6-11(13)14-8-15-12/h2-6,8H,7H2,1H3. The van der Waals surface area contributed by atoms with Crippen molar-refractivity contribution in [2.45, 2.75) is 6.61 Å². The molecule has 0 saturated carbocycles. The first-order valence-electron chi connectivity index (χ1n) is 5.01. The maximum Gasteiger partial charge on any atom is 0.217 e. The number of ether oxygens (including phenoxy) is 2. The van der Waals surface area contributed by atoms with E-state index in [0.29, 0.717) is 17.1 Å². The van der Waals surface area contributed by atoms with Gasteiger partial charge in [-0.15, -0.1) is 0 Å².